The number of rotatable bonds is 27. The molecular weight excluding hydrogens is 360 g/mol. The highest BCUT2D eigenvalue weighted by molar-refractivity contribution is 4.52. The standard InChI is InChI=1S/C30H62/c1-3-5-7-9-11-13-15-17-19-21-23-25-27-29-30-28-26-24-22-20-18-16-14-12-10-8-6-4-2/h3-30H2,1-2H3/i1D3,2D3,3D2,4D2,5D2,6D2,7D2,8D2,9D2,10D2,11D2,12D2,13D2,14D2,15D2,16D2,17D2,18D2,19D2,20D2,21D2,22D2,23D2,24D2,25D2,26D2,27D2,28D2,29D2,30D2. The summed E-state index contributed by atoms with van der Waals surface area (Å²) in [5.41, 5.74) is 0. The maximum Gasteiger partial charge on any atom is 0.0267 e. The Labute approximate surface area is 280 Å². The molecule has 0 saturated heterocycles. The van der Waals surface area contributed by atoms with Crippen molar-refractivity contribution in [2.45, 2.75) is 192 Å². The Kier molecular flexibility index (Phi) is 2.95. The van der Waals surface area contributed by atoms with Crippen molar-refractivity contribution in [1.29, 1.82) is 0 Å². The minimum Gasteiger partial charge on any atom is -0.0654 e. The van der Waals surface area contributed by atoms with Gasteiger partial charge in [-0.05, 0) is 0 Å². The molecule has 0 atom stereocenters. The van der Waals surface area contributed by atoms with Gasteiger partial charge in [0, 0.05) is 85.0 Å². The molecule has 0 heteroatoms. The maximum atomic E-state index is 8.46. The molecule has 0 N–H and O–H groups in total. The third kappa shape index (κ3) is 28.0. The lowest BCUT2D eigenvalue weighted by molar-refractivity contribution is 0.514. The Hall–Kier alpha value is 0. The van der Waals surface area contributed by atoms with E-state index in [1.165, 1.54) is 0 Å². The molecular formula is C30H62. The predicted octanol–water partition coefficient (Wildman–Crippen LogP) is 11.9. The molecule has 182 valence electrons. The third-order valence-corrected chi connectivity index (χ3v) is 1.69. The van der Waals surface area contributed by atoms with Crippen molar-refractivity contribution in [1.82, 2.24) is 0 Å². The lowest BCUT2D eigenvalue weighted by Gasteiger charge is -2.04. The van der Waals surface area contributed by atoms with Gasteiger partial charge in [-0.2, -0.15) is 0 Å². The van der Waals surface area contributed by atoms with Crippen LogP contribution in [0.2, 0.25) is 0 Å². The van der Waals surface area contributed by atoms with Crippen LogP contribution in [-0.4, -0.2) is 0 Å². The second kappa shape index (κ2) is 29.0. The number of hydrogen-bond acceptors (Lipinski definition) is 0. The summed E-state index contributed by atoms with van der Waals surface area (Å²) in [5, 5.41) is 0. The van der Waals surface area contributed by atoms with Crippen LogP contribution in [-0.2, 0) is 0 Å². The van der Waals surface area contributed by atoms with Crippen LogP contribution in [0.3, 0.4) is 0 Å². The fraction of sp³-hybridized carbons (Fsp3) is 1.00. The second-order valence-electron chi connectivity index (χ2n) is 3.50. The number of hydrogen-bond donors (Lipinski definition) is 0. The first-order valence-corrected chi connectivity index (χ1v) is 7.25. The molecule has 0 aromatic heterocycles. The minimum atomic E-state index is -5.69. The highest BCUT2D eigenvalue weighted by atomic mass is 14.0. The summed E-state index contributed by atoms with van der Waals surface area (Å²) in [4.78, 5) is 0. The van der Waals surface area contributed by atoms with Gasteiger partial charge in [0.15, 0.2) is 0 Å². The Bertz CT molecular complexity index is 2470. The molecule has 0 fully saturated rings. The van der Waals surface area contributed by atoms with E-state index in [1.807, 2.05) is 0 Å². The zero-order valence-corrected chi connectivity index (χ0v) is 15.0. The van der Waals surface area contributed by atoms with Gasteiger partial charge in [0.25, 0.3) is 0 Å². The molecule has 0 saturated carbocycles. The zero-order chi connectivity index (χ0) is 77.0. The van der Waals surface area contributed by atoms with E-state index in [2.05, 4.69) is 0 Å². The lowest BCUT2D eigenvalue weighted by atomic mass is 10.0. The summed E-state index contributed by atoms with van der Waals surface area (Å²) < 4.78 is 507. The van der Waals surface area contributed by atoms with Crippen LogP contribution < -0.4 is 0 Å². The van der Waals surface area contributed by atoms with E-state index in [9.17, 15) is 0 Å². The van der Waals surface area contributed by atoms with Crippen LogP contribution in [0.1, 0.15) is 277 Å². The quantitative estimate of drug-likeness (QED) is 0.109. The van der Waals surface area contributed by atoms with Crippen molar-refractivity contribution in [2.24, 2.45) is 0 Å². The first-order valence-electron chi connectivity index (χ1n) is 38.2. The second-order valence-corrected chi connectivity index (χ2v) is 3.50. The van der Waals surface area contributed by atoms with Crippen LogP contribution in [0.25, 0.3) is 0 Å². The van der Waals surface area contributed by atoms with Gasteiger partial charge in [0.1, 0.15) is 0 Å². The highest BCUT2D eigenvalue weighted by Crippen LogP contribution is 2.16. The Balaban J connectivity index is 8.39. The Morgan fingerprint density at radius 3 is 0.533 bits per heavy atom. The summed E-state index contributed by atoms with van der Waals surface area (Å²) in [6.45, 7) is -8.58. The van der Waals surface area contributed by atoms with Gasteiger partial charge in [0.2, 0.25) is 0 Å². The topological polar surface area (TPSA) is 0 Å². The first-order chi connectivity index (χ1) is 38.2. The largest absolute Gasteiger partial charge is 0.0654 e. The van der Waals surface area contributed by atoms with Gasteiger partial charge in [-0.15, -0.1) is 0 Å². The van der Waals surface area contributed by atoms with Gasteiger partial charge in [-0.3, -0.25) is 0 Å². The van der Waals surface area contributed by atoms with E-state index >= 15 is 0 Å². The summed E-state index contributed by atoms with van der Waals surface area (Å²) in [6.07, 6.45) is -151. The van der Waals surface area contributed by atoms with E-state index in [1.54, 1.807) is 0 Å². The van der Waals surface area contributed by atoms with Gasteiger partial charge >= 0.3 is 0 Å². The Morgan fingerprint density at radius 2 is 0.400 bits per heavy atom. The molecule has 0 nitrogen and oxygen atoms in total. The molecule has 30 heavy (non-hydrogen) atoms. The lowest BCUT2D eigenvalue weighted by Crippen LogP contribution is -1.84. The summed E-state index contributed by atoms with van der Waals surface area (Å²) in [5.74, 6) is 0. The third-order valence-electron chi connectivity index (χ3n) is 1.69. The Morgan fingerprint density at radius 1 is 0.267 bits per heavy atom. The van der Waals surface area contributed by atoms with Gasteiger partial charge < -0.3 is 0 Å². The molecule has 0 amide bonds. The first kappa shape index (κ1) is 3.05. The molecule has 0 spiro atoms. The molecule has 0 aliphatic rings. The predicted molar refractivity (Wildman–Crippen MR) is 141 cm³/mol. The van der Waals surface area contributed by atoms with Crippen LogP contribution in [0.4, 0.5) is 0 Å². The SMILES string of the molecule is [2H]C([2H])([2H])C([2H])([2H])C([2H])([2H])C([2H])([2H])C([2H])([2H])C([2H])([2H])C([2H])([2H])C([2H])([2H])C([2H])([2H])C([2H])([2H])C([2H])([2H])C([2H])([2H])C([2H])([2H])C([2H])([2H])C([2H])([2H])C([2H])([2H])C([2H])([2H])C([2H])([2H])C([2H])([2H])C([2H])([2H])C([2H])([2H])C([2H])([2H])C([2H])([2H])C([2H])([2H])C([2H])([2H])C([2H])([2H])C([2H])([2H])C([2H])([2H])C([2H])([2H])C([2H])([2H])[2H]. The van der Waals surface area contributed by atoms with Crippen LogP contribution >= 0.6 is 0 Å². The van der Waals surface area contributed by atoms with Crippen molar-refractivity contribution in [3.63, 3.8) is 0 Å². The minimum absolute atomic E-state index is 4.29. The van der Waals surface area contributed by atoms with E-state index < -0.39 is 192 Å². The molecule has 0 aliphatic heterocycles. The van der Waals surface area contributed by atoms with Gasteiger partial charge in [-0.1, -0.05) is 192 Å². The summed E-state index contributed by atoms with van der Waals surface area (Å²) >= 11 is 0. The van der Waals surface area contributed by atoms with E-state index in [0.29, 0.717) is 0 Å². The smallest absolute Gasteiger partial charge is 0.0267 e. The van der Waals surface area contributed by atoms with Crippen LogP contribution in [0.15, 0.2) is 0 Å². The molecule has 0 heterocycles. The fourth-order valence-corrected chi connectivity index (χ4v) is 0.812. The molecule has 0 aliphatic carbocycles. The van der Waals surface area contributed by atoms with Crippen molar-refractivity contribution < 1.29 is 85.0 Å². The van der Waals surface area contributed by atoms with Crippen molar-refractivity contribution in [3.05, 3.63) is 0 Å². The van der Waals surface area contributed by atoms with Crippen LogP contribution in [0, 0.1) is 0 Å². The average Bonchev–Trinajstić information content (AvgIpc) is 0.685. The van der Waals surface area contributed by atoms with E-state index in [4.69, 9.17) is 85.0 Å². The van der Waals surface area contributed by atoms with Crippen molar-refractivity contribution in [3.8, 4) is 0 Å². The summed E-state index contributed by atoms with van der Waals surface area (Å²) in [7, 11) is 0. The fourth-order valence-electron chi connectivity index (χ4n) is 0.812. The molecule has 0 aromatic carbocycles. The van der Waals surface area contributed by atoms with Gasteiger partial charge in [0.05, 0.1) is 0 Å². The van der Waals surface area contributed by atoms with Crippen molar-refractivity contribution >= 4 is 0 Å². The highest BCUT2D eigenvalue weighted by Gasteiger charge is 1.96. The zero-order valence-electron chi connectivity index (χ0n) is 77.0. The monoisotopic (exact) mass is 485 g/mol. The molecule has 0 rings (SSSR count). The van der Waals surface area contributed by atoms with Crippen molar-refractivity contribution in [2.75, 3.05) is 0 Å². The normalized spacial score (nSPS) is 56.3. The molecule has 0 bridgehead atoms. The van der Waals surface area contributed by atoms with E-state index in [-0.39, 0.29) is 0 Å². The maximum absolute atomic E-state index is 8.46. The van der Waals surface area contributed by atoms with Crippen LogP contribution in [0.5, 0.6) is 0 Å². The van der Waals surface area contributed by atoms with E-state index in [0.717, 1.165) is 0 Å². The molecule has 0 radical (unpaired) electrons. The molecule has 0 aromatic rings. The molecule has 0 unspecified atom stereocenters. The average molecular weight is 485 g/mol. The van der Waals surface area contributed by atoms with Gasteiger partial charge in [-0.25, -0.2) is 0 Å². The summed E-state index contributed by atoms with van der Waals surface area (Å²) in [6, 6.07) is 0.